The molecule has 0 spiro atoms. The van der Waals surface area contributed by atoms with Crippen molar-refractivity contribution in [1.82, 2.24) is 9.38 Å². The van der Waals surface area contributed by atoms with Crippen LogP contribution < -0.4 is 5.32 Å². The molecule has 2 aromatic heterocycles. The molecule has 0 radical (unpaired) electrons. The second-order valence-corrected chi connectivity index (χ2v) is 9.10. The van der Waals surface area contributed by atoms with Crippen LogP contribution in [0, 0.1) is 13.8 Å². The highest BCUT2D eigenvalue weighted by atomic mass is 19.4. The molecular formula is C29H28F3N3O3. The van der Waals surface area contributed by atoms with Crippen LogP contribution in [-0.4, -0.2) is 41.0 Å². The van der Waals surface area contributed by atoms with Crippen molar-refractivity contribution in [3.05, 3.63) is 77.1 Å². The summed E-state index contributed by atoms with van der Waals surface area (Å²) in [7, 11) is 1.31. The minimum atomic E-state index is -4.29. The van der Waals surface area contributed by atoms with E-state index in [-0.39, 0.29) is 12.3 Å². The second-order valence-electron chi connectivity index (χ2n) is 9.10. The number of hydrogen-bond acceptors (Lipinski definition) is 5. The average molecular weight is 524 g/mol. The van der Waals surface area contributed by atoms with E-state index in [9.17, 15) is 22.8 Å². The Kier molecular flexibility index (Phi) is 7.57. The van der Waals surface area contributed by atoms with Gasteiger partial charge in [-0.3, -0.25) is 9.20 Å². The Morgan fingerprint density at radius 2 is 1.63 bits per heavy atom. The summed E-state index contributed by atoms with van der Waals surface area (Å²) in [5, 5.41) is 2.89. The van der Waals surface area contributed by atoms with Gasteiger partial charge in [0.25, 0.3) is 0 Å². The number of anilines is 1. The Balaban J connectivity index is 1.84. The van der Waals surface area contributed by atoms with Crippen LogP contribution in [0.2, 0.25) is 0 Å². The van der Waals surface area contributed by atoms with Gasteiger partial charge in [0.15, 0.2) is 11.4 Å². The molecule has 0 atom stereocenters. The maximum absolute atomic E-state index is 12.8. The number of hydrogen-bond donors (Lipinski definition) is 1. The molecular weight excluding hydrogens is 495 g/mol. The fraction of sp³-hybridized carbons (Fsp3) is 0.276. The zero-order chi connectivity index (χ0) is 27.6. The van der Waals surface area contributed by atoms with Gasteiger partial charge in [-0.15, -0.1) is 0 Å². The Morgan fingerprint density at radius 1 is 0.974 bits per heavy atom. The molecule has 0 unspecified atom stereocenters. The number of halogens is 3. The third kappa shape index (κ3) is 5.56. The number of aromatic nitrogens is 2. The van der Waals surface area contributed by atoms with Gasteiger partial charge in [-0.2, -0.15) is 13.2 Å². The number of methoxy groups -OCH3 is 1. The fourth-order valence-corrected chi connectivity index (χ4v) is 4.44. The predicted octanol–water partition coefficient (Wildman–Crippen LogP) is 7.03. The molecule has 1 N–H and O–H groups in total. The molecule has 0 aliphatic rings. The number of nitrogens with one attached hydrogen (secondary N) is 1. The van der Waals surface area contributed by atoms with Gasteiger partial charge < -0.3 is 10.1 Å². The lowest BCUT2D eigenvalue weighted by Gasteiger charge is -2.14. The van der Waals surface area contributed by atoms with Gasteiger partial charge in [-0.05, 0) is 48.7 Å². The van der Waals surface area contributed by atoms with Gasteiger partial charge in [0.05, 0.1) is 36.7 Å². The number of aryl methyl sites for hydroxylation is 2. The Hall–Kier alpha value is -4.14. The van der Waals surface area contributed by atoms with Gasteiger partial charge in [0.2, 0.25) is 0 Å². The Morgan fingerprint density at radius 3 is 2.26 bits per heavy atom. The van der Waals surface area contributed by atoms with Gasteiger partial charge in [-0.1, -0.05) is 31.2 Å². The van der Waals surface area contributed by atoms with Crippen LogP contribution in [0.1, 0.15) is 51.6 Å². The minimum Gasteiger partial charge on any atom is -0.465 e. The molecule has 0 aliphatic carbocycles. The molecule has 198 valence electrons. The minimum absolute atomic E-state index is 0.0522. The van der Waals surface area contributed by atoms with E-state index < -0.39 is 18.6 Å². The first kappa shape index (κ1) is 26.9. The molecule has 0 saturated carbocycles. The van der Waals surface area contributed by atoms with Crippen LogP contribution in [-0.2, 0) is 4.74 Å². The van der Waals surface area contributed by atoms with Crippen LogP contribution >= 0.6 is 0 Å². The van der Waals surface area contributed by atoms with Crippen molar-refractivity contribution < 1.29 is 27.5 Å². The van der Waals surface area contributed by atoms with Crippen molar-refractivity contribution in [3.63, 3.8) is 0 Å². The molecule has 2 heterocycles. The van der Waals surface area contributed by atoms with E-state index in [0.717, 1.165) is 27.9 Å². The normalized spacial score (nSPS) is 11.6. The lowest BCUT2D eigenvalue weighted by molar-refractivity contribution is -0.131. The SMILES string of the molecule is CCC(=O)c1ccc(-c2cnc3c(NCCC(F)(F)F)cc(-c4ccc(C(=O)OC)c(C)c4)cn23)cc1C. The van der Waals surface area contributed by atoms with Crippen molar-refractivity contribution in [2.24, 2.45) is 0 Å². The number of nitrogens with zero attached hydrogens (tertiary/aromatic N) is 2. The number of carbonyl (C=O) groups is 2. The maximum atomic E-state index is 12.8. The number of carbonyl (C=O) groups excluding carboxylic acids is 2. The van der Waals surface area contributed by atoms with Crippen LogP contribution in [0.4, 0.5) is 18.9 Å². The predicted molar refractivity (Wildman–Crippen MR) is 141 cm³/mol. The third-order valence-corrected chi connectivity index (χ3v) is 6.44. The number of rotatable bonds is 8. The number of imidazole rings is 1. The topological polar surface area (TPSA) is 72.7 Å². The monoisotopic (exact) mass is 523 g/mol. The highest BCUT2D eigenvalue weighted by molar-refractivity contribution is 5.97. The third-order valence-electron chi connectivity index (χ3n) is 6.44. The summed E-state index contributed by atoms with van der Waals surface area (Å²) >= 11 is 0. The van der Waals surface area contributed by atoms with E-state index >= 15 is 0 Å². The molecule has 4 aromatic rings. The lowest BCUT2D eigenvalue weighted by Crippen LogP contribution is -2.15. The van der Waals surface area contributed by atoms with Gasteiger partial charge in [0, 0.05) is 35.9 Å². The molecule has 4 rings (SSSR count). The largest absolute Gasteiger partial charge is 0.465 e. The quantitative estimate of drug-likeness (QED) is 0.198. The molecule has 38 heavy (non-hydrogen) atoms. The Labute approximate surface area is 218 Å². The summed E-state index contributed by atoms with van der Waals surface area (Å²) in [4.78, 5) is 28.8. The first-order chi connectivity index (χ1) is 18.0. The first-order valence-electron chi connectivity index (χ1n) is 12.2. The molecule has 0 aliphatic heterocycles. The average Bonchev–Trinajstić information content (AvgIpc) is 3.31. The fourth-order valence-electron chi connectivity index (χ4n) is 4.44. The van der Waals surface area contributed by atoms with E-state index in [2.05, 4.69) is 10.3 Å². The number of pyridine rings is 1. The number of ketones is 1. The summed E-state index contributed by atoms with van der Waals surface area (Å²) < 4.78 is 45.2. The molecule has 0 saturated heterocycles. The van der Waals surface area contributed by atoms with Crippen LogP contribution in [0.5, 0.6) is 0 Å². The second kappa shape index (κ2) is 10.7. The molecule has 0 amide bonds. The molecule has 6 nitrogen and oxygen atoms in total. The molecule has 2 aromatic carbocycles. The maximum Gasteiger partial charge on any atom is 0.390 e. The van der Waals surface area contributed by atoms with Crippen molar-refractivity contribution in [3.8, 4) is 22.4 Å². The van der Waals surface area contributed by atoms with Crippen molar-refractivity contribution in [1.29, 1.82) is 0 Å². The number of alkyl halides is 3. The van der Waals surface area contributed by atoms with Gasteiger partial charge >= 0.3 is 12.1 Å². The van der Waals surface area contributed by atoms with Crippen molar-refractivity contribution in [2.45, 2.75) is 39.8 Å². The molecule has 9 heteroatoms. The van der Waals surface area contributed by atoms with Crippen molar-refractivity contribution in [2.75, 3.05) is 19.0 Å². The van der Waals surface area contributed by atoms with E-state index in [1.54, 1.807) is 37.4 Å². The first-order valence-corrected chi connectivity index (χ1v) is 12.2. The van der Waals surface area contributed by atoms with E-state index in [4.69, 9.17) is 4.74 Å². The summed E-state index contributed by atoms with van der Waals surface area (Å²) in [5.74, 6) is -0.396. The number of fused-ring (bicyclic) bond motifs is 1. The van der Waals surface area contributed by atoms with E-state index in [0.29, 0.717) is 34.4 Å². The molecule has 0 fully saturated rings. The number of benzene rings is 2. The summed E-state index contributed by atoms with van der Waals surface area (Å²) in [6.45, 7) is 5.17. The number of Topliss-reactive ketones (excluding diaryl/α,β-unsaturated/α-hetero) is 1. The van der Waals surface area contributed by atoms with Crippen molar-refractivity contribution >= 4 is 23.1 Å². The molecule has 0 bridgehead atoms. The number of esters is 1. The van der Waals surface area contributed by atoms with Crippen LogP contribution in [0.15, 0.2) is 54.9 Å². The standard InChI is InChI=1S/C29H28F3N3O3/c1-5-26(36)22-8-7-20(13-17(22)2)25-15-34-27-24(33-11-10-29(30,31)32)14-21(16-35(25)27)19-6-9-23(18(3)12-19)28(37)38-4/h6-9,12-16,33H,5,10-11H2,1-4H3. The zero-order valence-corrected chi connectivity index (χ0v) is 21.6. The number of ether oxygens (including phenoxy) is 1. The van der Waals surface area contributed by atoms with E-state index in [1.165, 1.54) is 7.11 Å². The summed E-state index contributed by atoms with van der Waals surface area (Å²) in [6, 6.07) is 12.6. The lowest BCUT2D eigenvalue weighted by atomic mass is 9.99. The highest BCUT2D eigenvalue weighted by Gasteiger charge is 2.26. The summed E-state index contributed by atoms with van der Waals surface area (Å²) in [6.07, 6.45) is -1.36. The smallest absolute Gasteiger partial charge is 0.390 e. The van der Waals surface area contributed by atoms with Gasteiger partial charge in [-0.25, -0.2) is 9.78 Å². The summed E-state index contributed by atoms with van der Waals surface area (Å²) in [5.41, 5.74) is 6.58. The van der Waals surface area contributed by atoms with Crippen LogP contribution in [0.3, 0.4) is 0 Å². The zero-order valence-electron chi connectivity index (χ0n) is 21.6. The van der Waals surface area contributed by atoms with Gasteiger partial charge in [0.1, 0.15) is 0 Å². The van der Waals surface area contributed by atoms with E-state index in [1.807, 2.05) is 42.6 Å². The van der Waals surface area contributed by atoms with Crippen LogP contribution in [0.25, 0.3) is 28.0 Å². The highest BCUT2D eigenvalue weighted by Crippen LogP contribution is 2.32. The Bertz CT molecular complexity index is 1520.